The Kier molecular flexibility index (Phi) is 5.20. The van der Waals surface area contributed by atoms with Crippen molar-refractivity contribution in [1.29, 1.82) is 0 Å². The molecular formula is C17H21NO3. The number of aliphatic hydroxyl groups is 1. The van der Waals surface area contributed by atoms with Gasteiger partial charge in [-0.25, -0.2) is 0 Å². The lowest BCUT2D eigenvalue weighted by Crippen LogP contribution is -2.28. The van der Waals surface area contributed by atoms with Gasteiger partial charge in [-0.2, -0.15) is 0 Å². The molecule has 0 saturated heterocycles. The normalized spacial score (nSPS) is 13.5. The summed E-state index contributed by atoms with van der Waals surface area (Å²) < 4.78 is 10.5. The second-order valence-corrected chi connectivity index (χ2v) is 4.89. The molecule has 0 unspecified atom stereocenters. The van der Waals surface area contributed by atoms with E-state index in [1.54, 1.807) is 32.4 Å². The smallest absolute Gasteiger partial charge is 0.123 e. The molecule has 0 aliphatic carbocycles. The molecule has 2 rings (SSSR count). The summed E-state index contributed by atoms with van der Waals surface area (Å²) in [6, 6.07) is 14.6. The number of ether oxygens (including phenoxy) is 2. The zero-order chi connectivity index (χ0) is 15.2. The Balaban J connectivity index is 2.20. The molecule has 21 heavy (non-hydrogen) atoms. The Bertz CT molecular complexity index is 572. The minimum Gasteiger partial charge on any atom is -0.497 e. The fourth-order valence-electron chi connectivity index (χ4n) is 2.29. The Morgan fingerprint density at radius 3 is 2.38 bits per heavy atom. The summed E-state index contributed by atoms with van der Waals surface area (Å²) in [6.45, 7) is 0. The van der Waals surface area contributed by atoms with Crippen molar-refractivity contribution < 1.29 is 14.6 Å². The Labute approximate surface area is 125 Å². The quantitative estimate of drug-likeness (QED) is 0.855. The topological polar surface area (TPSA) is 64.7 Å². The van der Waals surface area contributed by atoms with E-state index in [-0.39, 0.29) is 0 Å². The Morgan fingerprint density at radius 1 is 1.05 bits per heavy atom. The summed E-state index contributed by atoms with van der Waals surface area (Å²) in [7, 11) is 3.18. The van der Waals surface area contributed by atoms with Crippen LogP contribution in [-0.2, 0) is 6.42 Å². The van der Waals surface area contributed by atoms with Crippen molar-refractivity contribution in [3.05, 3.63) is 59.7 Å². The van der Waals surface area contributed by atoms with Crippen LogP contribution in [0.25, 0.3) is 0 Å². The number of hydrogen-bond acceptors (Lipinski definition) is 4. The third-order valence-corrected chi connectivity index (χ3v) is 3.50. The largest absolute Gasteiger partial charge is 0.497 e. The van der Waals surface area contributed by atoms with Crippen LogP contribution in [0.1, 0.15) is 17.2 Å². The molecule has 0 saturated carbocycles. The molecule has 0 aliphatic heterocycles. The van der Waals surface area contributed by atoms with Gasteiger partial charge in [0.15, 0.2) is 0 Å². The summed E-state index contributed by atoms with van der Waals surface area (Å²) in [5, 5.41) is 10.4. The van der Waals surface area contributed by atoms with Gasteiger partial charge in [-0.15, -0.1) is 0 Å². The van der Waals surface area contributed by atoms with Crippen LogP contribution in [0.15, 0.2) is 48.5 Å². The van der Waals surface area contributed by atoms with Gasteiger partial charge in [0, 0.05) is 12.0 Å². The summed E-state index contributed by atoms with van der Waals surface area (Å²) in [6.07, 6.45) is -0.212. The average Bonchev–Trinajstić information content (AvgIpc) is 2.54. The van der Waals surface area contributed by atoms with Crippen molar-refractivity contribution in [1.82, 2.24) is 0 Å². The van der Waals surface area contributed by atoms with E-state index in [0.717, 1.165) is 11.1 Å². The molecule has 2 aromatic carbocycles. The van der Waals surface area contributed by atoms with Gasteiger partial charge >= 0.3 is 0 Å². The highest BCUT2D eigenvalue weighted by Gasteiger charge is 2.21. The molecule has 0 spiro atoms. The summed E-state index contributed by atoms with van der Waals surface area (Å²) >= 11 is 0. The minimum absolute atomic E-state index is 0.488. The van der Waals surface area contributed by atoms with E-state index in [1.807, 2.05) is 30.3 Å². The van der Waals surface area contributed by atoms with Crippen LogP contribution >= 0.6 is 0 Å². The predicted octanol–water partition coefficient (Wildman–Crippen LogP) is 2.31. The molecule has 0 fully saturated rings. The first-order valence-electron chi connectivity index (χ1n) is 6.85. The maximum atomic E-state index is 10.4. The van der Waals surface area contributed by atoms with Crippen LogP contribution in [0.2, 0.25) is 0 Å². The Morgan fingerprint density at radius 2 is 1.76 bits per heavy atom. The van der Waals surface area contributed by atoms with E-state index in [1.165, 1.54) is 0 Å². The molecule has 0 heterocycles. The van der Waals surface area contributed by atoms with Gasteiger partial charge in [0.2, 0.25) is 0 Å². The van der Waals surface area contributed by atoms with Gasteiger partial charge in [-0.3, -0.25) is 0 Å². The number of nitrogens with two attached hydrogens (primary N) is 1. The van der Waals surface area contributed by atoms with Crippen molar-refractivity contribution in [3.8, 4) is 11.5 Å². The molecule has 0 radical (unpaired) electrons. The maximum Gasteiger partial charge on any atom is 0.123 e. The van der Waals surface area contributed by atoms with E-state index in [4.69, 9.17) is 15.2 Å². The molecule has 0 amide bonds. The lowest BCUT2D eigenvalue weighted by Gasteiger charge is -2.22. The number of aliphatic hydroxyl groups excluding tert-OH is 1. The van der Waals surface area contributed by atoms with Crippen molar-refractivity contribution in [2.75, 3.05) is 14.2 Å². The first kappa shape index (κ1) is 15.4. The summed E-state index contributed by atoms with van der Waals surface area (Å²) in [5.41, 5.74) is 7.98. The van der Waals surface area contributed by atoms with Crippen molar-refractivity contribution in [3.63, 3.8) is 0 Å². The van der Waals surface area contributed by atoms with Crippen molar-refractivity contribution in [2.24, 2.45) is 5.73 Å². The van der Waals surface area contributed by atoms with Crippen LogP contribution < -0.4 is 15.2 Å². The molecule has 4 heteroatoms. The van der Waals surface area contributed by atoms with E-state index in [0.29, 0.717) is 17.9 Å². The van der Waals surface area contributed by atoms with Crippen LogP contribution in [0.5, 0.6) is 11.5 Å². The molecule has 112 valence electrons. The average molecular weight is 287 g/mol. The third-order valence-electron chi connectivity index (χ3n) is 3.50. The third kappa shape index (κ3) is 3.74. The zero-order valence-electron chi connectivity index (χ0n) is 12.3. The molecule has 0 aliphatic rings. The molecule has 0 aromatic heterocycles. The van der Waals surface area contributed by atoms with Crippen LogP contribution in [0.3, 0.4) is 0 Å². The molecule has 3 N–H and O–H groups in total. The first-order valence-corrected chi connectivity index (χ1v) is 6.85. The molecule has 0 bridgehead atoms. The molecule has 2 aromatic rings. The van der Waals surface area contributed by atoms with Crippen LogP contribution in [-0.4, -0.2) is 25.4 Å². The van der Waals surface area contributed by atoms with E-state index in [9.17, 15) is 5.11 Å². The molecule has 2 atom stereocenters. The van der Waals surface area contributed by atoms with Crippen molar-refractivity contribution >= 4 is 0 Å². The van der Waals surface area contributed by atoms with Crippen molar-refractivity contribution in [2.45, 2.75) is 18.6 Å². The maximum absolute atomic E-state index is 10.4. The number of hydrogen-bond donors (Lipinski definition) is 2. The van der Waals surface area contributed by atoms with E-state index >= 15 is 0 Å². The minimum atomic E-state index is -0.701. The number of benzene rings is 2. The SMILES string of the molecule is COc1ccc(OC)c([C@@H](N)[C@@H](O)Cc2ccccc2)c1. The van der Waals surface area contributed by atoms with Gasteiger partial charge in [-0.1, -0.05) is 30.3 Å². The predicted molar refractivity (Wildman–Crippen MR) is 82.6 cm³/mol. The van der Waals surface area contributed by atoms with Gasteiger partial charge in [0.1, 0.15) is 11.5 Å². The fraction of sp³-hybridized carbons (Fsp3) is 0.294. The monoisotopic (exact) mass is 287 g/mol. The van der Waals surface area contributed by atoms with Crippen LogP contribution in [0.4, 0.5) is 0 Å². The highest BCUT2D eigenvalue weighted by atomic mass is 16.5. The number of methoxy groups -OCH3 is 2. The highest BCUT2D eigenvalue weighted by molar-refractivity contribution is 5.42. The second-order valence-electron chi connectivity index (χ2n) is 4.89. The summed E-state index contributed by atoms with van der Waals surface area (Å²) in [5.74, 6) is 1.34. The Hall–Kier alpha value is -2.04. The van der Waals surface area contributed by atoms with Gasteiger partial charge < -0.3 is 20.3 Å². The lowest BCUT2D eigenvalue weighted by molar-refractivity contribution is 0.143. The number of rotatable bonds is 6. The van der Waals surface area contributed by atoms with Gasteiger partial charge in [0.25, 0.3) is 0 Å². The fourth-order valence-corrected chi connectivity index (χ4v) is 2.29. The van der Waals surface area contributed by atoms with Crippen LogP contribution in [0, 0.1) is 0 Å². The standard InChI is InChI=1S/C17H21NO3/c1-20-13-8-9-16(21-2)14(11-13)17(18)15(19)10-12-6-4-3-5-7-12/h3-9,11,15,17,19H,10,18H2,1-2H3/t15-,17+/m0/s1. The van der Waals surface area contributed by atoms with E-state index < -0.39 is 12.1 Å². The second kappa shape index (κ2) is 7.11. The summed E-state index contributed by atoms with van der Waals surface area (Å²) in [4.78, 5) is 0. The first-order chi connectivity index (χ1) is 10.2. The van der Waals surface area contributed by atoms with Gasteiger partial charge in [0.05, 0.1) is 26.4 Å². The van der Waals surface area contributed by atoms with Gasteiger partial charge in [-0.05, 0) is 23.8 Å². The molecule has 4 nitrogen and oxygen atoms in total. The highest BCUT2D eigenvalue weighted by Crippen LogP contribution is 2.30. The zero-order valence-corrected chi connectivity index (χ0v) is 12.3. The molecular weight excluding hydrogens is 266 g/mol. The van der Waals surface area contributed by atoms with E-state index in [2.05, 4.69) is 0 Å². The lowest BCUT2D eigenvalue weighted by atomic mass is 9.96.